The normalized spacial score (nSPS) is 23.7. The molecule has 1 fully saturated rings. The molecule has 0 aromatic rings. The Bertz CT molecular complexity index is 329. The highest BCUT2D eigenvalue weighted by molar-refractivity contribution is 5.75. The number of hydrogen-bond donors (Lipinski definition) is 0. The molecule has 1 heterocycles. The molecule has 0 spiro atoms. The Morgan fingerprint density at radius 3 is 1.89 bits per heavy atom. The van der Waals surface area contributed by atoms with Gasteiger partial charge in [0.05, 0.1) is 11.1 Å². The van der Waals surface area contributed by atoms with Crippen LogP contribution in [0.2, 0.25) is 0 Å². The van der Waals surface area contributed by atoms with E-state index >= 15 is 0 Å². The van der Waals surface area contributed by atoms with E-state index in [1.165, 1.54) is 6.92 Å². The topological polar surface area (TPSA) is 46.6 Å². The van der Waals surface area contributed by atoms with Crippen LogP contribution in [0.4, 0.5) is 0 Å². The molecule has 0 amide bonds. The lowest BCUT2D eigenvalue weighted by Gasteiger charge is -2.52. The van der Waals surface area contributed by atoms with Crippen molar-refractivity contribution in [3.8, 4) is 0 Å². The quantitative estimate of drug-likeness (QED) is 0.778. The summed E-state index contributed by atoms with van der Waals surface area (Å²) < 4.78 is 0. The highest BCUT2D eigenvalue weighted by Crippen LogP contribution is 2.42. The van der Waals surface area contributed by atoms with Gasteiger partial charge >= 0.3 is 5.97 Å². The molecule has 0 aromatic carbocycles. The first-order valence-electron chi connectivity index (χ1n) is 6.53. The van der Waals surface area contributed by atoms with E-state index in [1.54, 1.807) is 12.0 Å². The first-order valence-corrected chi connectivity index (χ1v) is 6.53. The fraction of sp³-hybridized carbons (Fsp3) is 0.857. The zero-order chi connectivity index (χ0) is 14.1. The Morgan fingerprint density at radius 2 is 1.56 bits per heavy atom. The zero-order valence-electron chi connectivity index (χ0n) is 12.4. The van der Waals surface area contributed by atoms with Crippen LogP contribution in [0.15, 0.2) is 0 Å². The molecule has 0 saturated carbocycles. The molecular formula is C14H25NO3. The van der Waals surface area contributed by atoms with E-state index in [9.17, 15) is 9.59 Å². The van der Waals surface area contributed by atoms with Crippen LogP contribution in [-0.4, -0.2) is 27.9 Å². The van der Waals surface area contributed by atoms with E-state index in [4.69, 9.17) is 4.84 Å². The highest BCUT2D eigenvalue weighted by Gasteiger charge is 2.47. The van der Waals surface area contributed by atoms with Gasteiger partial charge in [0.2, 0.25) is 0 Å². The number of hydrogen-bond acceptors (Lipinski definition) is 4. The van der Waals surface area contributed by atoms with Crippen molar-refractivity contribution in [3.63, 3.8) is 0 Å². The van der Waals surface area contributed by atoms with Crippen molar-refractivity contribution in [2.75, 3.05) is 0 Å². The van der Waals surface area contributed by atoms with E-state index in [-0.39, 0.29) is 22.8 Å². The van der Waals surface area contributed by atoms with E-state index < -0.39 is 0 Å². The van der Waals surface area contributed by atoms with E-state index in [0.29, 0.717) is 12.3 Å². The van der Waals surface area contributed by atoms with Gasteiger partial charge in [0.25, 0.3) is 0 Å². The Hall–Kier alpha value is -0.900. The minimum atomic E-state index is -0.291. The maximum Gasteiger partial charge on any atom is 0.322 e. The molecule has 0 radical (unpaired) electrons. The van der Waals surface area contributed by atoms with Gasteiger partial charge in [0, 0.05) is 13.3 Å². The second-order valence-corrected chi connectivity index (χ2v) is 6.68. The fourth-order valence-electron chi connectivity index (χ4n) is 3.40. The van der Waals surface area contributed by atoms with Crippen LogP contribution < -0.4 is 0 Å². The Balaban J connectivity index is 2.90. The molecule has 0 unspecified atom stereocenters. The summed E-state index contributed by atoms with van der Waals surface area (Å²) in [6.07, 6.45) is 2.34. The molecule has 18 heavy (non-hydrogen) atoms. The molecule has 0 bridgehead atoms. The van der Waals surface area contributed by atoms with Gasteiger partial charge < -0.3 is 9.63 Å². The van der Waals surface area contributed by atoms with Gasteiger partial charge in [-0.3, -0.25) is 4.79 Å². The molecule has 4 nitrogen and oxygen atoms in total. The van der Waals surface area contributed by atoms with E-state index in [0.717, 1.165) is 12.8 Å². The average Bonchev–Trinajstić information content (AvgIpc) is 2.08. The van der Waals surface area contributed by atoms with Gasteiger partial charge in [-0.15, -0.1) is 5.06 Å². The number of nitrogens with zero attached hydrogens (tertiary/aromatic N) is 1. The van der Waals surface area contributed by atoms with Gasteiger partial charge in [-0.1, -0.05) is 0 Å². The lowest BCUT2D eigenvalue weighted by molar-refractivity contribution is -0.270. The Kier molecular flexibility index (Phi) is 4.21. The molecule has 0 aromatic heterocycles. The maximum atomic E-state index is 11.3. The molecule has 1 aliphatic rings. The molecule has 4 heteroatoms. The van der Waals surface area contributed by atoms with Gasteiger partial charge in [0.15, 0.2) is 0 Å². The minimum Gasteiger partial charge on any atom is -0.367 e. The van der Waals surface area contributed by atoms with E-state index in [2.05, 4.69) is 27.7 Å². The van der Waals surface area contributed by atoms with Crippen molar-refractivity contribution in [1.29, 1.82) is 0 Å². The van der Waals surface area contributed by atoms with Crippen molar-refractivity contribution in [2.24, 2.45) is 5.92 Å². The van der Waals surface area contributed by atoms with Crippen LogP contribution >= 0.6 is 0 Å². The van der Waals surface area contributed by atoms with Crippen molar-refractivity contribution in [2.45, 2.75) is 71.9 Å². The predicted molar refractivity (Wildman–Crippen MR) is 69.8 cm³/mol. The number of piperidine rings is 1. The average molecular weight is 255 g/mol. The summed E-state index contributed by atoms with van der Waals surface area (Å²) >= 11 is 0. The molecule has 1 rings (SSSR count). The van der Waals surface area contributed by atoms with Crippen LogP contribution in [0.25, 0.3) is 0 Å². The van der Waals surface area contributed by atoms with E-state index in [1.807, 2.05) is 0 Å². The number of Topliss-reactive ketones (excluding diaryl/α,β-unsaturated/α-hetero) is 1. The molecule has 0 N–H and O–H groups in total. The lowest BCUT2D eigenvalue weighted by Crippen LogP contribution is -2.60. The largest absolute Gasteiger partial charge is 0.367 e. The summed E-state index contributed by atoms with van der Waals surface area (Å²) in [5.74, 6) is 0.299. The monoisotopic (exact) mass is 255 g/mol. The zero-order valence-corrected chi connectivity index (χ0v) is 12.4. The molecule has 0 aliphatic carbocycles. The van der Waals surface area contributed by atoms with Gasteiger partial charge in [0.1, 0.15) is 5.78 Å². The fourth-order valence-corrected chi connectivity index (χ4v) is 3.40. The Morgan fingerprint density at radius 1 is 1.11 bits per heavy atom. The third-order valence-electron chi connectivity index (χ3n) is 3.47. The van der Waals surface area contributed by atoms with Crippen LogP contribution in [-0.2, 0) is 14.4 Å². The number of hydroxylamine groups is 2. The molecule has 0 atom stereocenters. The molecular weight excluding hydrogens is 230 g/mol. The van der Waals surface area contributed by atoms with Crippen LogP contribution in [0.1, 0.15) is 60.8 Å². The van der Waals surface area contributed by atoms with Crippen LogP contribution in [0.5, 0.6) is 0 Å². The summed E-state index contributed by atoms with van der Waals surface area (Å²) in [6, 6.07) is 0. The first-order chi connectivity index (χ1) is 8.04. The van der Waals surface area contributed by atoms with Gasteiger partial charge in [-0.05, 0) is 53.4 Å². The van der Waals surface area contributed by atoms with Crippen LogP contribution in [0, 0.1) is 5.92 Å². The third-order valence-corrected chi connectivity index (χ3v) is 3.47. The van der Waals surface area contributed by atoms with Crippen molar-refractivity contribution in [1.82, 2.24) is 5.06 Å². The molecule has 1 saturated heterocycles. The standard InChI is InChI=1S/C14H25NO3/c1-10(16)7-12-8-13(3,4)15(18-11(2)17)14(5,6)9-12/h12H,7-9H2,1-6H3. The third kappa shape index (κ3) is 3.55. The number of rotatable bonds is 3. The summed E-state index contributed by atoms with van der Waals surface area (Å²) in [4.78, 5) is 27.9. The number of ketones is 1. The first kappa shape index (κ1) is 15.2. The van der Waals surface area contributed by atoms with Crippen molar-refractivity contribution < 1.29 is 14.4 Å². The lowest BCUT2D eigenvalue weighted by atomic mass is 9.73. The van der Waals surface area contributed by atoms with Crippen molar-refractivity contribution in [3.05, 3.63) is 0 Å². The van der Waals surface area contributed by atoms with Crippen molar-refractivity contribution >= 4 is 11.8 Å². The molecule has 1 aliphatic heterocycles. The predicted octanol–water partition coefficient (Wildman–Crippen LogP) is 2.71. The number of carbonyl (C=O) groups excluding carboxylic acids is 2. The van der Waals surface area contributed by atoms with Gasteiger partial charge in [-0.25, -0.2) is 0 Å². The van der Waals surface area contributed by atoms with Crippen LogP contribution in [0.3, 0.4) is 0 Å². The summed E-state index contributed by atoms with van der Waals surface area (Å²) in [6.45, 7) is 11.3. The second-order valence-electron chi connectivity index (χ2n) is 6.68. The summed E-state index contributed by atoms with van der Waals surface area (Å²) in [5.41, 5.74) is -0.485. The second kappa shape index (κ2) is 5.00. The minimum absolute atomic E-state index is 0.229. The number of carbonyl (C=O) groups is 2. The highest BCUT2D eigenvalue weighted by atomic mass is 16.7. The summed E-state index contributed by atoms with van der Waals surface area (Å²) in [7, 11) is 0. The Labute approximate surface area is 110 Å². The SMILES string of the molecule is CC(=O)CC1CC(C)(C)N(OC(C)=O)C(C)(C)C1. The maximum absolute atomic E-state index is 11.3. The summed E-state index contributed by atoms with van der Waals surface area (Å²) in [5, 5.41) is 1.80. The smallest absolute Gasteiger partial charge is 0.322 e. The molecule has 104 valence electrons. The van der Waals surface area contributed by atoms with Gasteiger partial charge in [-0.2, -0.15) is 0 Å².